The summed E-state index contributed by atoms with van der Waals surface area (Å²) in [5, 5.41) is 3.19. The Kier molecular flexibility index (Phi) is 4.81. The van der Waals surface area contributed by atoms with Crippen LogP contribution in [0, 0.1) is 0 Å². The van der Waals surface area contributed by atoms with Gasteiger partial charge in [0.05, 0.1) is 0 Å². The van der Waals surface area contributed by atoms with Crippen LogP contribution in [0.5, 0.6) is 5.75 Å². The van der Waals surface area contributed by atoms with E-state index in [1.165, 1.54) is 5.56 Å². The standard InChI is InChI=1S/C14H23NO/c1-10(2)13-6-8-14(9-7-13)16-12(4)11(3)15-5/h6-12,15H,1-5H3. The molecule has 2 nitrogen and oxygen atoms in total. The lowest BCUT2D eigenvalue weighted by Crippen LogP contribution is -2.36. The van der Waals surface area contributed by atoms with Crippen LogP contribution in [0.25, 0.3) is 0 Å². The molecule has 16 heavy (non-hydrogen) atoms. The van der Waals surface area contributed by atoms with Crippen LogP contribution in [-0.2, 0) is 0 Å². The van der Waals surface area contributed by atoms with Crippen molar-refractivity contribution in [1.82, 2.24) is 5.32 Å². The average molecular weight is 221 g/mol. The van der Waals surface area contributed by atoms with E-state index < -0.39 is 0 Å². The predicted octanol–water partition coefficient (Wildman–Crippen LogP) is 3.19. The number of hydrogen-bond acceptors (Lipinski definition) is 2. The van der Waals surface area contributed by atoms with Crippen molar-refractivity contribution in [1.29, 1.82) is 0 Å². The third-order valence-corrected chi connectivity index (χ3v) is 3.03. The van der Waals surface area contributed by atoms with E-state index in [9.17, 15) is 0 Å². The number of benzene rings is 1. The van der Waals surface area contributed by atoms with E-state index in [0.717, 1.165) is 5.75 Å². The molecule has 0 aliphatic heterocycles. The van der Waals surface area contributed by atoms with Crippen molar-refractivity contribution < 1.29 is 4.74 Å². The minimum absolute atomic E-state index is 0.176. The molecule has 0 bridgehead atoms. The molecule has 0 aliphatic rings. The molecule has 90 valence electrons. The molecule has 0 fully saturated rings. The molecule has 0 saturated heterocycles. The SMILES string of the molecule is CNC(C)C(C)Oc1ccc(C(C)C)cc1. The summed E-state index contributed by atoms with van der Waals surface area (Å²) < 4.78 is 5.84. The van der Waals surface area contributed by atoms with Crippen molar-refractivity contribution in [3.63, 3.8) is 0 Å². The van der Waals surface area contributed by atoms with Gasteiger partial charge in [-0.3, -0.25) is 0 Å². The normalized spacial score (nSPS) is 14.9. The second kappa shape index (κ2) is 5.90. The lowest BCUT2D eigenvalue weighted by Gasteiger charge is -2.21. The van der Waals surface area contributed by atoms with Crippen LogP contribution in [0.3, 0.4) is 0 Å². The van der Waals surface area contributed by atoms with Gasteiger partial charge in [-0.25, -0.2) is 0 Å². The fourth-order valence-electron chi connectivity index (χ4n) is 1.48. The summed E-state index contributed by atoms with van der Waals surface area (Å²) >= 11 is 0. The molecule has 0 saturated carbocycles. The van der Waals surface area contributed by atoms with Gasteiger partial charge >= 0.3 is 0 Å². The van der Waals surface area contributed by atoms with Gasteiger partial charge in [-0.2, -0.15) is 0 Å². The van der Waals surface area contributed by atoms with Gasteiger partial charge in [0.25, 0.3) is 0 Å². The Morgan fingerprint density at radius 1 is 1.00 bits per heavy atom. The van der Waals surface area contributed by atoms with Crippen molar-refractivity contribution in [2.45, 2.75) is 45.8 Å². The largest absolute Gasteiger partial charge is 0.489 e. The van der Waals surface area contributed by atoms with Crippen LogP contribution < -0.4 is 10.1 Å². The summed E-state index contributed by atoms with van der Waals surface area (Å²) in [6, 6.07) is 8.72. The lowest BCUT2D eigenvalue weighted by molar-refractivity contribution is 0.182. The maximum atomic E-state index is 5.84. The maximum absolute atomic E-state index is 5.84. The molecule has 1 aromatic rings. The Labute approximate surface area is 99.0 Å². The first-order valence-electron chi connectivity index (χ1n) is 5.98. The highest BCUT2D eigenvalue weighted by Crippen LogP contribution is 2.19. The van der Waals surface area contributed by atoms with Crippen molar-refractivity contribution in [3.8, 4) is 5.75 Å². The van der Waals surface area contributed by atoms with Crippen LogP contribution in [0.1, 0.15) is 39.2 Å². The van der Waals surface area contributed by atoms with Crippen LogP contribution >= 0.6 is 0 Å². The third kappa shape index (κ3) is 3.53. The zero-order valence-electron chi connectivity index (χ0n) is 10.9. The predicted molar refractivity (Wildman–Crippen MR) is 69.1 cm³/mol. The van der Waals surface area contributed by atoms with E-state index in [4.69, 9.17) is 4.74 Å². The van der Waals surface area contributed by atoms with E-state index in [1.807, 2.05) is 19.2 Å². The summed E-state index contributed by atoms with van der Waals surface area (Å²) in [6.45, 7) is 8.59. The molecular weight excluding hydrogens is 198 g/mol. The van der Waals surface area contributed by atoms with Crippen molar-refractivity contribution in [3.05, 3.63) is 29.8 Å². The topological polar surface area (TPSA) is 21.3 Å². The quantitative estimate of drug-likeness (QED) is 0.824. The van der Waals surface area contributed by atoms with Gasteiger partial charge in [0, 0.05) is 6.04 Å². The minimum Gasteiger partial charge on any atom is -0.489 e. The smallest absolute Gasteiger partial charge is 0.119 e. The van der Waals surface area contributed by atoms with Crippen LogP contribution in [0.4, 0.5) is 0 Å². The number of likely N-dealkylation sites (N-methyl/N-ethyl adjacent to an activating group) is 1. The summed E-state index contributed by atoms with van der Waals surface area (Å²) in [5.41, 5.74) is 1.35. The number of ether oxygens (including phenoxy) is 1. The van der Waals surface area contributed by atoms with E-state index in [2.05, 4.69) is 45.1 Å². The van der Waals surface area contributed by atoms with Gasteiger partial charge in [0.15, 0.2) is 0 Å². The molecule has 0 radical (unpaired) electrons. The van der Waals surface area contributed by atoms with Crippen LogP contribution in [0.15, 0.2) is 24.3 Å². The van der Waals surface area contributed by atoms with E-state index in [-0.39, 0.29) is 6.10 Å². The minimum atomic E-state index is 0.176. The van der Waals surface area contributed by atoms with E-state index >= 15 is 0 Å². The molecule has 0 aliphatic carbocycles. The van der Waals surface area contributed by atoms with E-state index in [0.29, 0.717) is 12.0 Å². The highest BCUT2D eigenvalue weighted by atomic mass is 16.5. The Morgan fingerprint density at radius 3 is 2.00 bits per heavy atom. The highest BCUT2D eigenvalue weighted by Gasteiger charge is 2.11. The fraction of sp³-hybridized carbons (Fsp3) is 0.571. The summed E-state index contributed by atoms with van der Waals surface area (Å²) in [5.74, 6) is 1.52. The zero-order valence-corrected chi connectivity index (χ0v) is 10.9. The summed E-state index contributed by atoms with van der Waals surface area (Å²) in [7, 11) is 1.95. The molecule has 2 heteroatoms. The number of rotatable bonds is 5. The van der Waals surface area contributed by atoms with Crippen LogP contribution in [-0.4, -0.2) is 19.2 Å². The second-order valence-corrected chi connectivity index (χ2v) is 4.62. The first-order chi connectivity index (χ1) is 7.54. The van der Waals surface area contributed by atoms with Gasteiger partial charge in [-0.05, 0) is 44.5 Å². The van der Waals surface area contributed by atoms with Crippen molar-refractivity contribution in [2.75, 3.05) is 7.05 Å². The maximum Gasteiger partial charge on any atom is 0.119 e. The summed E-state index contributed by atoms with van der Waals surface area (Å²) in [6.07, 6.45) is 0.176. The third-order valence-electron chi connectivity index (χ3n) is 3.03. The van der Waals surface area contributed by atoms with Gasteiger partial charge in [-0.1, -0.05) is 26.0 Å². The summed E-state index contributed by atoms with van der Waals surface area (Å²) in [4.78, 5) is 0. The molecule has 1 rings (SSSR count). The molecule has 1 N–H and O–H groups in total. The first-order valence-corrected chi connectivity index (χ1v) is 5.98. The first kappa shape index (κ1) is 13.0. The molecule has 0 heterocycles. The average Bonchev–Trinajstić information content (AvgIpc) is 2.28. The Hall–Kier alpha value is -1.02. The van der Waals surface area contributed by atoms with Crippen LogP contribution in [0.2, 0.25) is 0 Å². The molecule has 0 aromatic heterocycles. The van der Waals surface area contributed by atoms with Gasteiger partial charge in [0.2, 0.25) is 0 Å². The molecule has 2 unspecified atom stereocenters. The lowest BCUT2D eigenvalue weighted by atomic mass is 10.0. The molecule has 1 aromatic carbocycles. The van der Waals surface area contributed by atoms with Crippen molar-refractivity contribution in [2.24, 2.45) is 0 Å². The molecule has 2 atom stereocenters. The van der Waals surface area contributed by atoms with Gasteiger partial charge < -0.3 is 10.1 Å². The fourth-order valence-corrected chi connectivity index (χ4v) is 1.48. The van der Waals surface area contributed by atoms with Gasteiger partial charge in [-0.15, -0.1) is 0 Å². The highest BCUT2D eigenvalue weighted by molar-refractivity contribution is 5.29. The second-order valence-electron chi connectivity index (χ2n) is 4.62. The Balaban J connectivity index is 2.61. The number of nitrogens with one attached hydrogen (secondary N) is 1. The Bertz CT molecular complexity index is 305. The monoisotopic (exact) mass is 221 g/mol. The molecule has 0 spiro atoms. The molecule has 0 amide bonds. The number of hydrogen-bond donors (Lipinski definition) is 1. The van der Waals surface area contributed by atoms with Gasteiger partial charge in [0.1, 0.15) is 11.9 Å². The van der Waals surface area contributed by atoms with Crippen molar-refractivity contribution >= 4 is 0 Å². The van der Waals surface area contributed by atoms with E-state index in [1.54, 1.807) is 0 Å². The molecular formula is C14H23NO. The zero-order chi connectivity index (χ0) is 12.1. The Morgan fingerprint density at radius 2 is 1.56 bits per heavy atom.